The van der Waals surface area contributed by atoms with Gasteiger partial charge in [-0.25, -0.2) is 8.42 Å². The second-order valence-corrected chi connectivity index (χ2v) is 7.64. The minimum atomic E-state index is -3.73. The maximum Gasteiger partial charge on any atom is 0.321 e. The van der Waals surface area contributed by atoms with Gasteiger partial charge in [-0.2, -0.15) is 0 Å². The highest BCUT2D eigenvalue weighted by molar-refractivity contribution is 7.92. The average Bonchev–Trinajstić information content (AvgIpc) is 2.55. The minimum Gasteiger partial charge on any atom is -0.480 e. The third-order valence-corrected chi connectivity index (χ3v) is 5.48. The van der Waals surface area contributed by atoms with Crippen molar-refractivity contribution in [2.45, 2.75) is 23.9 Å². The zero-order valence-corrected chi connectivity index (χ0v) is 14.1. The van der Waals surface area contributed by atoms with Crippen LogP contribution in [0.3, 0.4) is 0 Å². The second kappa shape index (κ2) is 6.43. The molecule has 6 nitrogen and oxygen atoms in total. The van der Waals surface area contributed by atoms with Gasteiger partial charge < -0.3 is 10.4 Å². The third-order valence-electron chi connectivity index (χ3n) is 3.85. The molecule has 8 heteroatoms. The first-order chi connectivity index (χ1) is 11.3. The Balaban J connectivity index is 1.84. The lowest BCUT2D eigenvalue weighted by Crippen LogP contribution is -2.41. The molecule has 2 aromatic carbocycles. The molecule has 24 heavy (non-hydrogen) atoms. The molecule has 1 aliphatic rings. The quantitative estimate of drug-likeness (QED) is 0.771. The number of fused-ring (bicyclic) bond motifs is 1. The van der Waals surface area contributed by atoms with Crippen LogP contribution in [0.25, 0.3) is 0 Å². The number of carbonyl (C=O) groups is 1. The maximum absolute atomic E-state index is 12.5. The van der Waals surface area contributed by atoms with Gasteiger partial charge in [-0.1, -0.05) is 17.7 Å². The molecule has 2 aromatic rings. The van der Waals surface area contributed by atoms with Gasteiger partial charge in [0.2, 0.25) is 0 Å². The fourth-order valence-corrected chi connectivity index (χ4v) is 3.80. The van der Waals surface area contributed by atoms with Crippen molar-refractivity contribution in [3.8, 4) is 0 Å². The van der Waals surface area contributed by atoms with E-state index in [1.807, 2.05) is 0 Å². The van der Waals surface area contributed by atoms with Gasteiger partial charge in [-0.15, -0.1) is 0 Å². The zero-order valence-electron chi connectivity index (χ0n) is 12.5. The van der Waals surface area contributed by atoms with Gasteiger partial charge in [0.05, 0.1) is 4.90 Å². The molecule has 0 saturated heterocycles. The van der Waals surface area contributed by atoms with E-state index < -0.39 is 22.0 Å². The Morgan fingerprint density at radius 3 is 2.54 bits per heavy atom. The summed E-state index contributed by atoms with van der Waals surface area (Å²) in [6, 6.07) is 10.4. The molecule has 1 aliphatic heterocycles. The van der Waals surface area contributed by atoms with Crippen LogP contribution in [0.5, 0.6) is 0 Å². The molecule has 3 N–H and O–H groups in total. The summed E-state index contributed by atoms with van der Waals surface area (Å²) >= 11 is 5.79. The molecule has 0 amide bonds. The minimum absolute atomic E-state index is 0.131. The molecule has 0 aromatic heterocycles. The van der Waals surface area contributed by atoms with Crippen LogP contribution in [-0.4, -0.2) is 25.5 Å². The van der Waals surface area contributed by atoms with Crippen molar-refractivity contribution < 1.29 is 18.3 Å². The van der Waals surface area contributed by atoms with Crippen molar-refractivity contribution >= 4 is 33.3 Å². The first-order valence-corrected chi connectivity index (χ1v) is 9.08. The zero-order chi connectivity index (χ0) is 17.3. The monoisotopic (exact) mass is 366 g/mol. The molecule has 1 heterocycles. The number of hydrogen-bond acceptors (Lipinski definition) is 4. The Hall–Kier alpha value is -2.09. The summed E-state index contributed by atoms with van der Waals surface area (Å²) < 4.78 is 27.5. The normalized spacial score (nSPS) is 17.1. The number of sulfonamides is 1. The number of hydrogen-bond donors (Lipinski definition) is 3. The largest absolute Gasteiger partial charge is 0.480 e. The number of nitrogens with one attached hydrogen (secondary N) is 2. The number of halogens is 1. The lowest BCUT2D eigenvalue weighted by atomic mass is 9.96. The van der Waals surface area contributed by atoms with Crippen LogP contribution in [0.4, 0.5) is 5.69 Å². The Morgan fingerprint density at radius 2 is 1.88 bits per heavy atom. The van der Waals surface area contributed by atoms with E-state index in [1.165, 1.54) is 6.07 Å². The topological polar surface area (TPSA) is 95.5 Å². The first kappa shape index (κ1) is 16.8. The van der Waals surface area contributed by atoms with E-state index in [2.05, 4.69) is 10.0 Å². The van der Waals surface area contributed by atoms with Crippen LogP contribution in [0.2, 0.25) is 5.02 Å². The standard InChI is InChI=1S/C16H15ClN2O4S/c17-12-2-4-13(5-3-12)19-24(22,23)14-6-1-10-8-15(16(20)21)18-9-11(10)7-14/h1-7,15,18-19H,8-9H2,(H,20,21). The number of carboxylic acid groups (broad SMARTS) is 1. The summed E-state index contributed by atoms with van der Waals surface area (Å²) in [6.07, 6.45) is 0.329. The molecule has 0 bridgehead atoms. The van der Waals surface area contributed by atoms with Crippen molar-refractivity contribution in [2.75, 3.05) is 4.72 Å². The smallest absolute Gasteiger partial charge is 0.321 e. The summed E-state index contributed by atoms with van der Waals surface area (Å²) in [5.74, 6) is -0.915. The summed E-state index contributed by atoms with van der Waals surface area (Å²) in [5.41, 5.74) is 2.04. The summed E-state index contributed by atoms with van der Waals surface area (Å²) in [6.45, 7) is 0.316. The van der Waals surface area contributed by atoms with Gasteiger partial charge in [0.1, 0.15) is 6.04 Å². The van der Waals surface area contributed by atoms with Gasteiger partial charge in [0, 0.05) is 17.3 Å². The van der Waals surface area contributed by atoms with E-state index in [0.29, 0.717) is 23.7 Å². The fraction of sp³-hybridized carbons (Fsp3) is 0.188. The maximum atomic E-state index is 12.5. The van der Waals surface area contributed by atoms with Crippen molar-refractivity contribution in [1.82, 2.24) is 5.32 Å². The van der Waals surface area contributed by atoms with E-state index in [1.54, 1.807) is 36.4 Å². The SMILES string of the molecule is O=C(O)C1Cc2ccc(S(=O)(=O)Nc3ccc(Cl)cc3)cc2CN1. The van der Waals surface area contributed by atoms with Crippen molar-refractivity contribution in [1.29, 1.82) is 0 Å². The van der Waals surface area contributed by atoms with Crippen LogP contribution >= 0.6 is 11.6 Å². The molecule has 1 unspecified atom stereocenters. The average molecular weight is 367 g/mol. The van der Waals surface area contributed by atoms with Gasteiger partial charge in [0.15, 0.2) is 0 Å². The van der Waals surface area contributed by atoms with E-state index in [9.17, 15) is 13.2 Å². The number of benzene rings is 2. The predicted octanol–water partition coefficient (Wildman–Crippen LogP) is 2.24. The van der Waals surface area contributed by atoms with Gasteiger partial charge in [0.25, 0.3) is 10.0 Å². The number of aliphatic carboxylic acids is 1. The molecule has 0 fully saturated rings. The van der Waals surface area contributed by atoms with Crippen LogP contribution in [0.1, 0.15) is 11.1 Å². The Morgan fingerprint density at radius 1 is 1.17 bits per heavy atom. The Kier molecular flexibility index (Phi) is 4.49. The number of rotatable bonds is 4. The second-order valence-electron chi connectivity index (χ2n) is 5.52. The highest BCUT2D eigenvalue weighted by Crippen LogP contribution is 2.23. The highest BCUT2D eigenvalue weighted by atomic mass is 35.5. The van der Waals surface area contributed by atoms with E-state index in [-0.39, 0.29) is 4.90 Å². The summed E-state index contributed by atoms with van der Waals surface area (Å²) in [4.78, 5) is 11.2. The van der Waals surface area contributed by atoms with Crippen LogP contribution in [-0.2, 0) is 27.8 Å². The summed E-state index contributed by atoms with van der Waals surface area (Å²) in [5, 5.41) is 12.5. The van der Waals surface area contributed by atoms with Gasteiger partial charge >= 0.3 is 5.97 Å². The van der Waals surface area contributed by atoms with Crippen LogP contribution < -0.4 is 10.0 Å². The first-order valence-electron chi connectivity index (χ1n) is 7.21. The Bertz CT molecular complexity index is 881. The molecular formula is C16H15ClN2O4S. The molecule has 0 aliphatic carbocycles. The van der Waals surface area contributed by atoms with E-state index in [0.717, 1.165) is 11.1 Å². The highest BCUT2D eigenvalue weighted by Gasteiger charge is 2.25. The molecule has 1 atom stereocenters. The fourth-order valence-electron chi connectivity index (χ4n) is 2.57. The molecule has 3 rings (SSSR count). The molecular weight excluding hydrogens is 352 g/mol. The third kappa shape index (κ3) is 3.53. The van der Waals surface area contributed by atoms with Crippen LogP contribution in [0, 0.1) is 0 Å². The van der Waals surface area contributed by atoms with E-state index in [4.69, 9.17) is 16.7 Å². The lowest BCUT2D eigenvalue weighted by molar-refractivity contribution is -0.139. The van der Waals surface area contributed by atoms with Crippen molar-refractivity contribution in [3.05, 3.63) is 58.6 Å². The molecule has 0 saturated carbocycles. The molecule has 126 valence electrons. The molecule has 0 spiro atoms. The van der Waals surface area contributed by atoms with Crippen molar-refractivity contribution in [2.24, 2.45) is 0 Å². The predicted molar refractivity (Wildman–Crippen MR) is 90.7 cm³/mol. The van der Waals surface area contributed by atoms with Crippen molar-refractivity contribution in [3.63, 3.8) is 0 Å². The summed E-state index contributed by atoms with van der Waals surface area (Å²) in [7, 11) is -3.73. The Labute approximate surface area is 144 Å². The van der Waals surface area contributed by atoms with Gasteiger partial charge in [-0.3, -0.25) is 9.52 Å². The molecule has 0 radical (unpaired) electrons. The van der Waals surface area contributed by atoms with Crippen LogP contribution in [0.15, 0.2) is 47.4 Å². The number of carboxylic acids is 1. The van der Waals surface area contributed by atoms with E-state index >= 15 is 0 Å². The number of anilines is 1. The lowest BCUT2D eigenvalue weighted by Gasteiger charge is -2.23. The van der Waals surface area contributed by atoms with Gasteiger partial charge in [-0.05, 0) is 53.9 Å².